The second-order valence-corrected chi connectivity index (χ2v) is 7.79. The molecule has 104 valence electrons. The maximum absolute atomic E-state index is 11.8. The highest BCUT2D eigenvalue weighted by Crippen LogP contribution is 2.20. The Hall–Kier alpha value is -1.41. The lowest BCUT2D eigenvalue weighted by atomic mass is 10.2. The summed E-state index contributed by atoms with van der Waals surface area (Å²) in [5, 5.41) is 10.8. The van der Waals surface area contributed by atoms with Crippen molar-refractivity contribution in [3.05, 3.63) is 21.9 Å². The monoisotopic (exact) mass is 303 g/mol. The molecule has 2 heterocycles. The van der Waals surface area contributed by atoms with Gasteiger partial charge in [-0.3, -0.25) is 4.79 Å². The molecule has 0 saturated carbocycles. The third-order valence-electron chi connectivity index (χ3n) is 2.99. The fraction of sp³-hybridized carbons (Fsp3) is 0.455. The molecule has 6 nitrogen and oxygen atoms in total. The number of hydrogen-bond acceptors (Lipinski definition) is 5. The Morgan fingerprint density at radius 1 is 1.37 bits per heavy atom. The second kappa shape index (κ2) is 5.30. The molecule has 1 amide bonds. The Kier molecular flexibility index (Phi) is 3.91. The molecule has 0 aliphatic carbocycles. The van der Waals surface area contributed by atoms with Gasteiger partial charge in [-0.15, -0.1) is 11.3 Å². The lowest BCUT2D eigenvalue weighted by Crippen LogP contribution is -2.34. The van der Waals surface area contributed by atoms with E-state index in [1.807, 2.05) is 0 Å². The van der Waals surface area contributed by atoms with Gasteiger partial charge < -0.3 is 10.4 Å². The number of rotatable bonds is 4. The summed E-state index contributed by atoms with van der Waals surface area (Å²) in [5.74, 6) is -1.34. The first-order valence-corrected chi connectivity index (χ1v) is 8.26. The molecule has 1 aliphatic heterocycles. The Balaban J connectivity index is 1.96. The van der Waals surface area contributed by atoms with Gasteiger partial charge in [0.25, 0.3) is 5.91 Å². The van der Waals surface area contributed by atoms with E-state index in [0.29, 0.717) is 12.8 Å². The summed E-state index contributed by atoms with van der Waals surface area (Å²) in [6.07, 6.45) is 1.19. The average molecular weight is 303 g/mol. The number of hydrogen-bond donors (Lipinski definition) is 2. The van der Waals surface area contributed by atoms with Crippen LogP contribution in [0.5, 0.6) is 0 Å². The van der Waals surface area contributed by atoms with Crippen molar-refractivity contribution in [3.8, 4) is 0 Å². The van der Waals surface area contributed by atoms with Crippen molar-refractivity contribution >= 4 is 33.1 Å². The molecule has 2 rings (SSSR count). The maximum Gasteiger partial charge on any atom is 0.345 e. The molecule has 1 aliphatic rings. The normalized spacial score (nSPS) is 21.2. The predicted molar refractivity (Wildman–Crippen MR) is 70.4 cm³/mol. The molecule has 1 unspecified atom stereocenters. The zero-order chi connectivity index (χ0) is 14.0. The fourth-order valence-corrected chi connectivity index (χ4v) is 4.48. The van der Waals surface area contributed by atoms with Gasteiger partial charge in [0.05, 0.1) is 15.9 Å². The first-order valence-electron chi connectivity index (χ1n) is 5.73. The summed E-state index contributed by atoms with van der Waals surface area (Å²) >= 11 is 0.870. The van der Waals surface area contributed by atoms with E-state index in [1.54, 1.807) is 0 Å². The minimum Gasteiger partial charge on any atom is -0.477 e. The third kappa shape index (κ3) is 3.13. The summed E-state index contributed by atoms with van der Waals surface area (Å²) < 4.78 is 23.2. The van der Waals surface area contributed by atoms with Crippen molar-refractivity contribution in [2.45, 2.75) is 18.1 Å². The van der Waals surface area contributed by atoms with Crippen LogP contribution in [-0.2, 0) is 9.84 Å². The van der Waals surface area contributed by atoms with E-state index >= 15 is 0 Å². The summed E-state index contributed by atoms with van der Waals surface area (Å²) in [7, 11) is -3.08. The lowest BCUT2D eigenvalue weighted by molar-refractivity contribution is 0.0702. The lowest BCUT2D eigenvalue weighted by Gasteiger charge is -2.09. The molecule has 0 spiro atoms. The summed E-state index contributed by atoms with van der Waals surface area (Å²) in [6.45, 7) is 0.0848. The molecule has 1 aromatic rings. The van der Waals surface area contributed by atoms with Gasteiger partial charge >= 0.3 is 5.97 Å². The maximum atomic E-state index is 11.8. The van der Waals surface area contributed by atoms with E-state index in [0.717, 1.165) is 11.3 Å². The van der Waals surface area contributed by atoms with Gasteiger partial charge in [0.2, 0.25) is 0 Å². The average Bonchev–Trinajstić information content (AvgIpc) is 2.92. The highest BCUT2D eigenvalue weighted by atomic mass is 32.2. The highest BCUT2D eigenvalue weighted by molar-refractivity contribution is 7.92. The number of nitrogens with one attached hydrogen (secondary N) is 1. The van der Waals surface area contributed by atoms with Crippen molar-refractivity contribution in [3.63, 3.8) is 0 Å². The van der Waals surface area contributed by atoms with Crippen LogP contribution in [0.2, 0.25) is 0 Å². The van der Waals surface area contributed by atoms with Crippen molar-refractivity contribution < 1.29 is 23.1 Å². The standard InChI is InChI=1S/C11H13NO5S2/c13-10(8-3-4-9(18-8)11(14)15)12-6-7-2-1-5-19(7,16)17/h3-4,7H,1-2,5-6H2,(H,12,13)(H,14,15). The molecule has 19 heavy (non-hydrogen) atoms. The minimum atomic E-state index is -3.08. The van der Waals surface area contributed by atoms with Crippen LogP contribution >= 0.6 is 11.3 Å². The summed E-state index contributed by atoms with van der Waals surface area (Å²) in [6, 6.07) is 2.78. The largest absolute Gasteiger partial charge is 0.477 e. The van der Waals surface area contributed by atoms with E-state index in [9.17, 15) is 18.0 Å². The zero-order valence-electron chi connectivity index (χ0n) is 9.96. The van der Waals surface area contributed by atoms with E-state index in [2.05, 4.69) is 5.32 Å². The Morgan fingerprint density at radius 3 is 2.58 bits per heavy atom. The van der Waals surface area contributed by atoms with E-state index in [1.165, 1.54) is 12.1 Å². The van der Waals surface area contributed by atoms with E-state index < -0.39 is 27.0 Å². The smallest absolute Gasteiger partial charge is 0.345 e. The molecule has 0 radical (unpaired) electrons. The van der Waals surface area contributed by atoms with Gasteiger partial charge in [0.1, 0.15) is 4.88 Å². The third-order valence-corrected chi connectivity index (χ3v) is 6.34. The number of carbonyl (C=O) groups excluding carboxylic acids is 1. The van der Waals surface area contributed by atoms with Crippen LogP contribution in [0.4, 0.5) is 0 Å². The molecule has 1 atom stereocenters. The van der Waals surface area contributed by atoms with Crippen molar-refractivity contribution in [1.82, 2.24) is 5.32 Å². The summed E-state index contributed by atoms with van der Waals surface area (Å²) in [4.78, 5) is 22.8. The highest BCUT2D eigenvalue weighted by Gasteiger charge is 2.31. The van der Waals surface area contributed by atoms with Gasteiger partial charge in [0, 0.05) is 6.54 Å². The molecule has 0 aromatic carbocycles. The molecule has 2 N–H and O–H groups in total. The number of aromatic carboxylic acids is 1. The first kappa shape index (κ1) is 14.0. The van der Waals surface area contributed by atoms with Crippen LogP contribution in [-0.4, -0.2) is 42.9 Å². The van der Waals surface area contributed by atoms with Crippen LogP contribution in [0.25, 0.3) is 0 Å². The van der Waals surface area contributed by atoms with Gasteiger partial charge in [-0.1, -0.05) is 0 Å². The fourth-order valence-electron chi connectivity index (χ4n) is 1.96. The number of carboxylic acid groups (broad SMARTS) is 1. The van der Waals surface area contributed by atoms with Gasteiger partial charge in [-0.05, 0) is 25.0 Å². The van der Waals surface area contributed by atoms with E-state index in [-0.39, 0.29) is 22.1 Å². The van der Waals surface area contributed by atoms with Crippen molar-refractivity contribution in [1.29, 1.82) is 0 Å². The molecular formula is C11H13NO5S2. The molecule has 1 saturated heterocycles. The minimum absolute atomic E-state index is 0.0821. The van der Waals surface area contributed by atoms with Crippen LogP contribution in [0.15, 0.2) is 12.1 Å². The number of carbonyl (C=O) groups is 2. The molecule has 1 fully saturated rings. The van der Waals surface area contributed by atoms with Crippen LogP contribution < -0.4 is 5.32 Å². The Labute approximate surface area is 114 Å². The topological polar surface area (TPSA) is 101 Å². The Morgan fingerprint density at radius 2 is 2.05 bits per heavy atom. The molecule has 8 heteroatoms. The molecule has 1 aromatic heterocycles. The molecular weight excluding hydrogens is 290 g/mol. The number of amides is 1. The Bertz CT molecular complexity index is 604. The zero-order valence-corrected chi connectivity index (χ0v) is 11.6. The van der Waals surface area contributed by atoms with Gasteiger partial charge in [-0.25, -0.2) is 13.2 Å². The first-order chi connectivity index (χ1) is 8.90. The van der Waals surface area contributed by atoms with Crippen molar-refractivity contribution in [2.75, 3.05) is 12.3 Å². The molecule has 0 bridgehead atoms. The SMILES string of the molecule is O=C(O)c1ccc(C(=O)NCC2CCCS2(=O)=O)s1. The van der Waals surface area contributed by atoms with Gasteiger partial charge in [0.15, 0.2) is 9.84 Å². The quantitative estimate of drug-likeness (QED) is 0.855. The van der Waals surface area contributed by atoms with E-state index in [4.69, 9.17) is 5.11 Å². The second-order valence-electron chi connectivity index (χ2n) is 4.31. The number of thiophene rings is 1. The summed E-state index contributed by atoms with van der Waals surface area (Å²) in [5.41, 5.74) is 0. The number of carboxylic acids is 1. The van der Waals surface area contributed by atoms with Crippen LogP contribution in [0.3, 0.4) is 0 Å². The predicted octanol–water partition coefficient (Wildman–Crippen LogP) is 0.753. The van der Waals surface area contributed by atoms with Crippen molar-refractivity contribution in [2.24, 2.45) is 0 Å². The van der Waals surface area contributed by atoms with Gasteiger partial charge in [-0.2, -0.15) is 0 Å². The van der Waals surface area contributed by atoms with Crippen LogP contribution in [0, 0.1) is 0 Å². The number of sulfone groups is 1. The van der Waals surface area contributed by atoms with Crippen LogP contribution in [0.1, 0.15) is 32.2 Å².